The van der Waals surface area contributed by atoms with E-state index in [-0.39, 0.29) is 5.69 Å². The number of nitrogens with zero attached hydrogens (tertiary/aromatic N) is 2. The molecule has 0 aliphatic heterocycles. The van der Waals surface area contributed by atoms with Crippen LogP contribution in [0.4, 0.5) is 0 Å². The Balaban J connectivity index is 1.74. The lowest BCUT2D eigenvalue weighted by Gasteiger charge is -2.09. The predicted octanol–water partition coefficient (Wildman–Crippen LogP) is 2.61. The lowest BCUT2D eigenvalue weighted by molar-refractivity contribution is 0.0949. The number of rotatable bonds is 7. The first-order valence-electron chi connectivity index (χ1n) is 8.91. The molecule has 2 N–H and O–H groups in total. The van der Waals surface area contributed by atoms with Crippen LogP contribution in [0, 0.1) is 0 Å². The number of H-pyrrole nitrogens is 1. The van der Waals surface area contributed by atoms with Crippen molar-refractivity contribution in [1.82, 2.24) is 15.4 Å². The monoisotopic (exact) mass is 392 g/mol. The van der Waals surface area contributed by atoms with E-state index in [1.165, 1.54) is 12.3 Å². The summed E-state index contributed by atoms with van der Waals surface area (Å²) in [5.74, 6) is 0.628. The average molecular weight is 392 g/mol. The van der Waals surface area contributed by atoms with Crippen molar-refractivity contribution >= 4 is 12.1 Å². The molecule has 0 saturated heterocycles. The van der Waals surface area contributed by atoms with Crippen LogP contribution in [0.3, 0.4) is 0 Å². The maximum Gasteiger partial charge on any atom is 0.346 e. The second-order valence-corrected chi connectivity index (χ2v) is 5.89. The summed E-state index contributed by atoms with van der Waals surface area (Å²) in [5, 5.41) is 3.94. The number of ether oxygens (including phenoxy) is 2. The SMILES string of the molecule is CCOc1ccc(/C=N/NC(=O)c2cc(-c3ccccc3)nc(=O)[nH]2)cc1OC. The third kappa shape index (κ3) is 5.07. The number of methoxy groups -OCH3 is 1. The number of carbonyl (C=O) groups excluding carboxylic acids is 1. The molecular weight excluding hydrogens is 372 g/mol. The van der Waals surface area contributed by atoms with Gasteiger partial charge in [0.05, 0.1) is 25.6 Å². The molecule has 1 heterocycles. The number of carbonyl (C=O) groups is 1. The zero-order chi connectivity index (χ0) is 20.6. The van der Waals surface area contributed by atoms with E-state index >= 15 is 0 Å². The Morgan fingerprint density at radius 2 is 1.97 bits per heavy atom. The maximum absolute atomic E-state index is 12.4. The largest absolute Gasteiger partial charge is 0.493 e. The van der Waals surface area contributed by atoms with Crippen LogP contribution in [-0.4, -0.2) is 35.8 Å². The Morgan fingerprint density at radius 1 is 1.17 bits per heavy atom. The minimum Gasteiger partial charge on any atom is -0.493 e. The Labute approximate surface area is 167 Å². The van der Waals surface area contributed by atoms with Gasteiger partial charge in [-0.2, -0.15) is 10.1 Å². The highest BCUT2D eigenvalue weighted by molar-refractivity contribution is 5.94. The molecule has 148 valence electrons. The van der Waals surface area contributed by atoms with Crippen molar-refractivity contribution in [1.29, 1.82) is 0 Å². The lowest BCUT2D eigenvalue weighted by atomic mass is 10.1. The van der Waals surface area contributed by atoms with Gasteiger partial charge in [0.2, 0.25) is 0 Å². The number of aromatic nitrogens is 2. The molecule has 0 aliphatic carbocycles. The second kappa shape index (κ2) is 9.32. The van der Waals surface area contributed by atoms with Gasteiger partial charge in [0, 0.05) is 5.56 Å². The Bertz CT molecular complexity index is 1080. The minimum atomic E-state index is -0.614. The minimum absolute atomic E-state index is 0.0604. The fourth-order valence-electron chi connectivity index (χ4n) is 2.60. The van der Waals surface area contributed by atoms with Crippen molar-refractivity contribution in [3.8, 4) is 22.8 Å². The molecule has 3 rings (SSSR count). The van der Waals surface area contributed by atoms with E-state index < -0.39 is 11.6 Å². The number of aromatic amines is 1. The van der Waals surface area contributed by atoms with E-state index in [0.29, 0.717) is 29.4 Å². The van der Waals surface area contributed by atoms with Crippen molar-refractivity contribution in [2.75, 3.05) is 13.7 Å². The molecule has 8 nitrogen and oxygen atoms in total. The summed E-state index contributed by atoms with van der Waals surface area (Å²) in [6.07, 6.45) is 1.47. The zero-order valence-electron chi connectivity index (χ0n) is 16.0. The summed E-state index contributed by atoms with van der Waals surface area (Å²) in [4.78, 5) is 30.5. The van der Waals surface area contributed by atoms with Crippen LogP contribution in [0.1, 0.15) is 23.0 Å². The van der Waals surface area contributed by atoms with Crippen molar-refractivity contribution in [3.63, 3.8) is 0 Å². The molecule has 0 atom stereocenters. The van der Waals surface area contributed by atoms with E-state index in [1.54, 1.807) is 37.4 Å². The van der Waals surface area contributed by atoms with E-state index in [1.807, 2.05) is 25.1 Å². The molecule has 29 heavy (non-hydrogen) atoms. The average Bonchev–Trinajstić information content (AvgIpc) is 2.75. The van der Waals surface area contributed by atoms with Gasteiger partial charge in [-0.15, -0.1) is 0 Å². The second-order valence-electron chi connectivity index (χ2n) is 5.89. The van der Waals surface area contributed by atoms with Gasteiger partial charge in [-0.25, -0.2) is 10.2 Å². The topological polar surface area (TPSA) is 106 Å². The molecule has 0 aliphatic rings. The van der Waals surface area contributed by atoms with Gasteiger partial charge >= 0.3 is 5.69 Å². The molecule has 0 unspecified atom stereocenters. The third-order valence-electron chi connectivity index (χ3n) is 3.93. The van der Waals surface area contributed by atoms with Crippen LogP contribution in [0.5, 0.6) is 11.5 Å². The molecule has 0 fully saturated rings. The number of benzene rings is 2. The summed E-state index contributed by atoms with van der Waals surface area (Å²) in [5.41, 5.74) is 3.68. The molecule has 0 saturated carbocycles. The maximum atomic E-state index is 12.4. The van der Waals surface area contributed by atoms with E-state index in [2.05, 4.69) is 20.5 Å². The molecule has 0 radical (unpaired) electrons. The van der Waals surface area contributed by atoms with Gasteiger partial charge in [0.15, 0.2) is 11.5 Å². The summed E-state index contributed by atoms with van der Waals surface area (Å²) < 4.78 is 10.7. The highest BCUT2D eigenvalue weighted by atomic mass is 16.5. The van der Waals surface area contributed by atoms with Crippen LogP contribution >= 0.6 is 0 Å². The van der Waals surface area contributed by atoms with Crippen LogP contribution in [0.15, 0.2) is 64.5 Å². The quantitative estimate of drug-likeness (QED) is 0.475. The zero-order valence-corrected chi connectivity index (χ0v) is 16.0. The van der Waals surface area contributed by atoms with Crippen molar-refractivity contribution in [3.05, 3.63) is 76.3 Å². The van der Waals surface area contributed by atoms with Crippen LogP contribution in [-0.2, 0) is 0 Å². The van der Waals surface area contributed by atoms with Gasteiger partial charge in [-0.3, -0.25) is 4.79 Å². The molecule has 0 spiro atoms. The van der Waals surface area contributed by atoms with Crippen LogP contribution < -0.4 is 20.6 Å². The smallest absolute Gasteiger partial charge is 0.346 e. The van der Waals surface area contributed by atoms with Crippen molar-refractivity contribution in [2.45, 2.75) is 6.92 Å². The predicted molar refractivity (Wildman–Crippen MR) is 110 cm³/mol. The molecule has 8 heteroatoms. The van der Waals surface area contributed by atoms with Gasteiger partial charge in [0.25, 0.3) is 5.91 Å². The first-order valence-corrected chi connectivity index (χ1v) is 8.91. The number of amides is 1. The highest BCUT2D eigenvalue weighted by Gasteiger charge is 2.10. The molecule has 1 amide bonds. The van der Waals surface area contributed by atoms with Gasteiger partial charge in [0.1, 0.15) is 5.69 Å². The van der Waals surface area contributed by atoms with Gasteiger partial charge in [-0.05, 0) is 36.8 Å². The fourth-order valence-corrected chi connectivity index (χ4v) is 2.60. The highest BCUT2D eigenvalue weighted by Crippen LogP contribution is 2.27. The Hall–Kier alpha value is -3.94. The molecular formula is C21H20N4O4. The lowest BCUT2D eigenvalue weighted by Crippen LogP contribution is -2.24. The number of nitrogens with one attached hydrogen (secondary N) is 2. The Kier molecular flexibility index (Phi) is 6.36. The van der Waals surface area contributed by atoms with E-state index in [0.717, 1.165) is 5.56 Å². The van der Waals surface area contributed by atoms with Crippen LogP contribution in [0.2, 0.25) is 0 Å². The number of hydrogen-bond acceptors (Lipinski definition) is 6. The Morgan fingerprint density at radius 3 is 2.69 bits per heavy atom. The number of hydrogen-bond donors (Lipinski definition) is 2. The van der Waals surface area contributed by atoms with Gasteiger partial charge < -0.3 is 14.5 Å². The standard InChI is InChI=1S/C21H20N4O4/c1-3-29-18-10-9-14(11-19(18)28-2)13-22-25-20(26)17-12-16(23-21(27)24-17)15-7-5-4-6-8-15/h4-13H,3H2,1-2H3,(H,25,26)(H,23,24,27)/b22-13+. The molecule has 2 aromatic carbocycles. The normalized spacial score (nSPS) is 10.7. The molecule has 3 aromatic rings. The van der Waals surface area contributed by atoms with Crippen LogP contribution in [0.25, 0.3) is 11.3 Å². The van der Waals surface area contributed by atoms with E-state index in [9.17, 15) is 9.59 Å². The summed E-state index contributed by atoms with van der Waals surface area (Å²) in [7, 11) is 1.55. The molecule has 1 aromatic heterocycles. The molecule has 0 bridgehead atoms. The first-order chi connectivity index (χ1) is 14.1. The first kappa shape index (κ1) is 19.8. The third-order valence-corrected chi connectivity index (χ3v) is 3.93. The van der Waals surface area contributed by atoms with E-state index in [4.69, 9.17) is 9.47 Å². The number of hydrazone groups is 1. The van der Waals surface area contributed by atoms with Crippen molar-refractivity contribution in [2.24, 2.45) is 5.10 Å². The summed E-state index contributed by atoms with van der Waals surface area (Å²) in [6, 6.07) is 15.9. The fraction of sp³-hybridized carbons (Fsp3) is 0.143. The van der Waals surface area contributed by atoms with Gasteiger partial charge in [-0.1, -0.05) is 30.3 Å². The van der Waals surface area contributed by atoms with Crippen molar-refractivity contribution < 1.29 is 14.3 Å². The summed E-state index contributed by atoms with van der Waals surface area (Å²) in [6.45, 7) is 2.41. The summed E-state index contributed by atoms with van der Waals surface area (Å²) >= 11 is 0.